The van der Waals surface area contributed by atoms with Crippen molar-refractivity contribution in [3.8, 4) is 0 Å². The molecular weight excluding hydrogens is 261 g/mol. The maximum absolute atomic E-state index is 13.3. The van der Waals surface area contributed by atoms with Gasteiger partial charge in [-0.25, -0.2) is 4.39 Å². The Morgan fingerprint density at radius 1 is 1.00 bits per heavy atom. The molecule has 0 fully saturated rings. The number of para-hydroxylation sites is 1. The van der Waals surface area contributed by atoms with Crippen molar-refractivity contribution >= 4 is 22.6 Å². The number of benzene rings is 2. The first-order valence-electron chi connectivity index (χ1n) is 7.14. The Morgan fingerprint density at radius 3 is 2.86 bits per heavy atom. The van der Waals surface area contributed by atoms with Crippen molar-refractivity contribution in [1.82, 2.24) is 4.98 Å². The van der Waals surface area contributed by atoms with Gasteiger partial charge in [-0.3, -0.25) is 4.98 Å². The second kappa shape index (κ2) is 4.81. The van der Waals surface area contributed by atoms with Gasteiger partial charge in [0.15, 0.2) is 0 Å². The lowest BCUT2D eigenvalue weighted by Crippen LogP contribution is -1.85. The fraction of sp³-hybridized carbons (Fsp3) is 0.105. The van der Waals surface area contributed by atoms with E-state index in [1.165, 1.54) is 16.7 Å². The minimum Gasteiger partial charge on any atom is -0.256 e. The summed E-state index contributed by atoms with van der Waals surface area (Å²) in [7, 11) is 0. The molecule has 1 nitrogen and oxygen atoms in total. The minimum absolute atomic E-state index is 0.149. The predicted molar refractivity (Wildman–Crippen MR) is 84.3 cm³/mol. The lowest BCUT2D eigenvalue weighted by atomic mass is 10.0. The number of halogens is 1. The number of nitrogens with zero attached hydrogens (tertiary/aromatic N) is 1. The van der Waals surface area contributed by atoms with E-state index in [-0.39, 0.29) is 5.82 Å². The van der Waals surface area contributed by atoms with E-state index in [1.807, 2.05) is 36.5 Å². The van der Waals surface area contributed by atoms with Gasteiger partial charge in [-0.05, 0) is 59.4 Å². The molecular formula is C19H14FN. The average Bonchev–Trinajstić information content (AvgIpc) is 2.90. The van der Waals surface area contributed by atoms with E-state index in [1.54, 1.807) is 12.1 Å². The van der Waals surface area contributed by atoms with Crippen LogP contribution < -0.4 is 0 Å². The quantitative estimate of drug-likeness (QED) is 0.618. The highest BCUT2D eigenvalue weighted by Crippen LogP contribution is 2.34. The van der Waals surface area contributed by atoms with Crippen molar-refractivity contribution in [1.29, 1.82) is 0 Å². The Morgan fingerprint density at radius 2 is 1.90 bits per heavy atom. The molecule has 0 N–H and O–H groups in total. The summed E-state index contributed by atoms with van der Waals surface area (Å²) in [6.07, 6.45) is 5.94. The topological polar surface area (TPSA) is 12.9 Å². The van der Waals surface area contributed by atoms with E-state index in [4.69, 9.17) is 0 Å². The van der Waals surface area contributed by atoms with Crippen molar-refractivity contribution in [3.05, 3.63) is 77.2 Å². The molecule has 2 heteroatoms. The normalized spacial score (nSPS) is 15.6. The van der Waals surface area contributed by atoms with Crippen LogP contribution in [0.1, 0.15) is 23.1 Å². The fourth-order valence-corrected chi connectivity index (χ4v) is 3.07. The Hall–Kier alpha value is -2.48. The molecule has 1 heterocycles. The standard InChI is InChI=1S/C19H14FN/c20-16-7-8-17-13(5-6-14(17)12-16)11-15-9-10-21-19-4-2-1-3-18(15)19/h1-4,7-12H,5-6H2. The summed E-state index contributed by atoms with van der Waals surface area (Å²) < 4.78 is 13.3. The third-order valence-electron chi connectivity index (χ3n) is 4.09. The summed E-state index contributed by atoms with van der Waals surface area (Å²) in [5.41, 5.74) is 5.75. The molecule has 4 rings (SSSR count). The average molecular weight is 275 g/mol. The van der Waals surface area contributed by atoms with Crippen LogP contribution in [0.4, 0.5) is 4.39 Å². The van der Waals surface area contributed by atoms with Crippen LogP contribution in [0, 0.1) is 5.82 Å². The van der Waals surface area contributed by atoms with E-state index in [0.717, 1.165) is 29.3 Å². The molecule has 0 amide bonds. The molecule has 0 spiro atoms. The van der Waals surface area contributed by atoms with E-state index in [0.29, 0.717) is 0 Å². The highest BCUT2D eigenvalue weighted by molar-refractivity contribution is 5.94. The Labute approximate surface area is 122 Å². The van der Waals surface area contributed by atoms with Gasteiger partial charge in [0.25, 0.3) is 0 Å². The van der Waals surface area contributed by atoms with Crippen molar-refractivity contribution in [2.75, 3.05) is 0 Å². The first-order valence-corrected chi connectivity index (χ1v) is 7.14. The highest BCUT2D eigenvalue weighted by Gasteiger charge is 2.16. The maximum atomic E-state index is 13.3. The lowest BCUT2D eigenvalue weighted by Gasteiger charge is -2.04. The van der Waals surface area contributed by atoms with Gasteiger partial charge in [-0.15, -0.1) is 0 Å². The zero-order chi connectivity index (χ0) is 14.2. The van der Waals surface area contributed by atoms with Gasteiger partial charge in [0.1, 0.15) is 5.82 Å². The Bertz CT molecular complexity index is 859. The van der Waals surface area contributed by atoms with Crippen LogP contribution in [0.5, 0.6) is 0 Å². The van der Waals surface area contributed by atoms with Crippen molar-refractivity contribution in [2.45, 2.75) is 12.8 Å². The zero-order valence-corrected chi connectivity index (χ0v) is 11.5. The number of allylic oxidation sites excluding steroid dienone is 1. The maximum Gasteiger partial charge on any atom is 0.123 e. The van der Waals surface area contributed by atoms with Gasteiger partial charge in [-0.2, -0.15) is 0 Å². The largest absolute Gasteiger partial charge is 0.256 e. The molecule has 1 aromatic heterocycles. The van der Waals surface area contributed by atoms with E-state index >= 15 is 0 Å². The molecule has 1 aliphatic carbocycles. The molecule has 1 aliphatic rings. The third-order valence-corrected chi connectivity index (χ3v) is 4.09. The Balaban J connectivity index is 1.86. The fourth-order valence-electron chi connectivity index (χ4n) is 3.07. The van der Waals surface area contributed by atoms with Crippen molar-refractivity contribution < 1.29 is 4.39 Å². The van der Waals surface area contributed by atoms with Gasteiger partial charge in [-0.1, -0.05) is 30.3 Å². The number of aromatic nitrogens is 1. The van der Waals surface area contributed by atoms with Crippen LogP contribution in [-0.4, -0.2) is 4.98 Å². The molecule has 0 bridgehead atoms. The molecule has 2 aromatic carbocycles. The molecule has 21 heavy (non-hydrogen) atoms. The number of fused-ring (bicyclic) bond motifs is 2. The third kappa shape index (κ3) is 2.13. The van der Waals surface area contributed by atoms with Crippen LogP contribution in [0.25, 0.3) is 22.6 Å². The van der Waals surface area contributed by atoms with Crippen molar-refractivity contribution in [3.63, 3.8) is 0 Å². The van der Waals surface area contributed by atoms with Gasteiger partial charge in [0, 0.05) is 11.6 Å². The number of rotatable bonds is 1. The first-order chi connectivity index (χ1) is 10.3. The zero-order valence-electron chi connectivity index (χ0n) is 11.5. The molecule has 3 aromatic rings. The number of hydrogen-bond acceptors (Lipinski definition) is 1. The van der Waals surface area contributed by atoms with Gasteiger partial charge < -0.3 is 0 Å². The molecule has 0 atom stereocenters. The second-order valence-electron chi connectivity index (χ2n) is 5.39. The highest BCUT2D eigenvalue weighted by atomic mass is 19.1. The lowest BCUT2D eigenvalue weighted by molar-refractivity contribution is 0.626. The SMILES string of the molecule is Fc1ccc2c(c1)CCC2=Cc1ccnc2ccccc12. The first kappa shape index (κ1) is 12.3. The number of aryl methyl sites for hydroxylation is 1. The number of pyridine rings is 1. The molecule has 102 valence electrons. The van der Waals surface area contributed by atoms with Gasteiger partial charge in [0.05, 0.1) is 5.52 Å². The summed E-state index contributed by atoms with van der Waals surface area (Å²) >= 11 is 0. The molecule has 0 saturated heterocycles. The second-order valence-corrected chi connectivity index (χ2v) is 5.39. The number of hydrogen-bond donors (Lipinski definition) is 0. The summed E-state index contributed by atoms with van der Waals surface area (Å²) in [5, 5.41) is 1.16. The summed E-state index contributed by atoms with van der Waals surface area (Å²) in [6, 6.07) is 15.3. The summed E-state index contributed by atoms with van der Waals surface area (Å²) in [4.78, 5) is 4.39. The molecule has 0 radical (unpaired) electrons. The minimum atomic E-state index is -0.149. The monoisotopic (exact) mass is 275 g/mol. The van der Waals surface area contributed by atoms with E-state index < -0.39 is 0 Å². The van der Waals surface area contributed by atoms with Crippen LogP contribution in [0.15, 0.2) is 54.7 Å². The van der Waals surface area contributed by atoms with Crippen LogP contribution in [0.2, 0.25) is 0 Å². The molecule has 0 aliphatic heterocycles. The predicted octanol–water partition coefficient (Wildman–Crippen LogP) is 4.86. The Kier molecular flexibility index (Phi) is 2.81. The van der Waals surface area contributed by atoms with Gasteiger partial charge in [0.2, 0.25) is 0 Å². The summed E-state index contributed by atoms with van der Waals surface area (Å²) in [5.74, 6) is -0.149. The van der Waals surface area contributed by atoms with E-state index in [2.05, 4.69) is 17.1 Å². The van der Waals surface area contributed by atoms with Crippen LogP contribution in [-0.2, 0) is 6.42 Å². The van der Waals surface area contributed by atoms with Gasteiger partial charge >= 0.3 is 0 Å². The van der Waals surface area contributed by atoms with Crippen LogP contribution >= 0.6 is 0 Å². The smallest absolute Gasteiger partial charge is 0.123 e. The summed E-state index contributed by atoms with van der Waals surface area (Å²) in [6.45, 7) is 0. The van der Waals surface area contributed by atoms with Crippen LogP contribution in [0.3, 0.4) is 0 Å². The molecule has 0 unspecified atom stereocenters. The molecule has 0 saturated carbocycles. The van der Waals surface area contributed by atoms with E-state index in [9.17, 15) is 4.39 Å². The van der Waals surface area contributed by atoms with Crippen molar-refractivity contribution in [2.24, 2.45) is 0 Å².